The Hall–Kier alpha value is -1.55. The van der Waals surface area contributed by atoms with Gasteiger partial charge < -0.3 is 11.1 Å². The van der Waals surface area contributed by atoms with Crippen molar-refractivity contribution in [3.8, 4) is 0 Å². The number of carbonyl (C=O) groups excluding carboxylic acids is 1. The van der Waals surface area contributed by atoms with Gasteiger partial charge >= 0.3 is 0 Å². The molecule has 0 aliphatic rings. The van der Waals surface area contributed by atoms with Gasteiger partial charge in [0, 0.05) is 11.3 Å². The van der Waals surface area contributed by atoms with Crippen molar-refractivity contribution in [2.24, 2.45) is 0 Å². The quantitative estimate of drug-likeness (QED) is 0.509. The molecule has 15 heavy (non-hydrogen) atoms. The Balaban J connectivity index is 2.57. The van der Waals surface area contributed by atoms with E-state index in [1.54, 1.807) is 24.3 Å². The molecule has 4 N–H and O–H groups in total. The number of hydrogen-bond acceptors (Lipinski definition) is 3. The molecule has 0 heterocycles. The highest BCUT2D eigenvalue weighted by Crippen LogP contribution is 2.05. The molecule has 0 saturated heterocycles. The fourth-order valence-electron chi connectivity index (χ4n) is 1.27. The fraction of sp³-hybridized carbons (Fsp3) is 0.364. The molecule has 1 atom stereocenters. The number of anilines is 1. The molecule has 1 rings (SSSR count). The summed E-state index contributed by atoms with van der Waals surface area (Å²) in [5.74, 6) is -0.0940. The Labute approximate surface area is 89.9 Å². The minimum absolute atomic E-state index is 0.0277. The van der Waals surface area contributed by atoms with Crippen LogP contribution in [0.5, 0.6) is 0 Å². The molecule has 0 spiro atoms. The second-order valence-electron chi connectivity index (χ2n) is 3.37. The minimum atomic E-state index is -0.0940. The first-order valence-electron chi connectivity index (χ1n) is 5.03. The van der Waals surface area contributed by atoms with Crippen molar-refractivity contribution in [3.63, 3.8) is 0 Å². The molecule has 0 aliphatic carbocycles. The molecular weight excluding hydrogens is 190 g/mol. The van der Waals surface area contributed by atoms with Gasteiger partial charge in [0.25, 0.3) is 5.91 Å². The minimum Gasteiger partial charge on any atom is -0.399 e. The Bertz CT molecular complexity index is 321. The Morgan fingerprint density at radius 1 is 1.40 bits per heavy atom. The van der Waals surface area contributed by atoms with Crippen LogP contribution in [-0.2, 0) is 0 Å². The van der Waals surface area contributed by atoms with E-state index in [0.717, 1.165) is 6.54 Å². The van der Waals surface area contributed by atoms with Gasteiger partial charge in [0.05, 0.1) is 6.17 Å². The van der Waals surface area contributed by atoms with E-state index < -0.39 is 0 Å². The fourth-order valence-corrected chi connectivity index (χ4v) is 1.27. The molecule has 1 aromatic carbocycles. The summed E-state index contributed by atoms with van der Waals surface area (Å²) in [6, 6.07) is 6.85. The van der Waals surface area contributed by atoms with E-state index in [4.69, 9.17) is 5.73 Å². The van der Waals surface area contributed by atoms with E-state index >= 15 is 0 Å². The van der Waals surface area contributed by atoms with Gasteiger partial charge in [-0.05, 0) is 37.7 Å². The van der Waals surface area contributed by atoms with Crippen LogP contribution in [0, 0.1) is 0 Å². The third-order valence-corrected chi connectivity index (χ3v) is 2.03. The zero-order valence-corrected chi connectivity index (χ0v) is 9.08. The second kappa shape index (κ2) is 5.36. The van der Waals surface area contributed by atoms with E-state index in [1.165, 1.54) is 0 Å². The highest BCUT2D eigenvalue weighted by atomic mass is 16.1. The van der Waals surface area contributed by atoms with Crippen molar-refractivity contribution in [1.29, 1.82) is 0 Å². The zero-order valence-electron chi connectivity index (χ0n) is 9.08. The third-order valence-electron chi connectivity index (χ3n) is 2.03. The van der Waals surface area contributed by atoms with Crippen molar-refractivity contribution in [2.45, 2.75) is 20.0 Å². The van der Waals surface area contributed by atoms with Gasteiger partial charge in [0.1, 0.15) is 0 Å². The molecule has 0 saturated carbocycles. The van der Waals surface area contributed by atoms with E-state index in [-0.39, 0.29) is 12.1 Å². The van der Waals surface area contributed by atoms with Gasteiger partial charge in [0.15, 0.2) is 0 Å². The van der Waals surface area contributed by atoms with Crippen molar-refractivity contribution in [2.75, 3.05) is 12.3 Å². The summed E-state index contributed by atoms with van der Waals surface area (Å²) in [5, 5.41) is 5.93. The number of hydrogen-bond donors (Lipinski definition) is 3. The van der Waals surface area contributed by atoms with Gasteiger partial charge in [-0.2, -0.15) is 0 Å². The molecule has 0 bridgehead atoms. The first kappa shape index (κ1) is 11.5. The summed E-state index contributed by atoms with van der Waals surface area (Å²) in [6.07, 6.45) is -0.0277. The lowest BCUT2D eigenvalue weighted by Crippen LogP contribution is -2.42. The van der Waals surface area contributed by atoms with Crippen LogP contribution in [0.1, 0.15) is 24.2 Å². The zero-order chi connectivity index (χ0) is 11.3. The van der Waals surface area contributed by atoms with E-state index in [0.29, 0.717) is 11.3 Å². The van der Waals surface area contributed by atoms with Crippen molar-refractivity contribution >= 4 is 11.6 Å². The van der Waals surface area contributed by atoms with E-state index in [2.05, 4.69) is 10.6 Å². The summed E-state index contributed by atoms with van der Waals surface area (Å²) in [7, 11) is 0. The number of benzene rings is 1. The predicted octanol–water partition coefficient (Wildman–Crippen LogP) is 0.954. The lowest BCUT2D eigenvalue weighted by molar-refractivity contribution is 0.0934. The van der Waals surface area contributed by atoms with Gasteiger partial charge in [-0.15, -0.1) is 0 Å². The SMILES string of the molecule is CCNC(C)NC(=O)c1ccc(N)cc1. The Kier molecular flexibility index (Phi) is 4.12. The van der Waals surface area contributed by atoms with Gasteiger partial charge in [-0.25, -0.2) is 0 Å². The Morgan fingerprint density at radius 3 is 2.53 bits per heavy atom. The molecule has 1 amide bonds. The maximum Gasteiger partial charge on any atom is 0.252 e. The average Bonchev–Trinajstić information content (AvgIpc) is 2.18. The van der Waals surface area contributed by atoms with Crippen molar-refractivity contribution in [3.05, 3.63) is 29.8 Å². The molecule has 0 aliphatic heterocycles. The molecule has 0 fully saturated rings. The monoisotopic (exact) mass is 207 g/mol. The van der Waals surface area contributed by atoms with Gasteiger partial charge in [-0.3, -0.25) is 10.1 Å². The smallest absolute Gasteiger partial charge is 0.252 e. The van der Waals surface area contributed by atoms with E-state index in [1.807, 2.05) is 13.8 Å². The summed E-state index contributed by atoms with van der Waals surface area (Å²) >= 11 is 0. The lowest BCUT2D eigenvalue weighted by Gasteiger charge is -2.14. The first-order chi connectivity index (χ1) is 7.13. The average molecular weight is 207 g/mol. The third kappa shape index (κ3) is 3.59. The van der Waals surface area contributed by atoms with Crippen LogP contribution in [0.25, 0.3) is 0 Å². The van der Waals surface area contributed by atoms with E-state index in [9.17, 15) is 4.79 Å². The standard InChI is InChI=1S/C11H17N3O/c1-3-13-8(2)14-11(15)9-4-6-10(12)7-5-9/h4-8,13H,3,12H2,1-2H3,(H,14,15). The van der Waals surface area contributed by atoms with Gasteiger partial charge in [0.2, 0.25) is 0 Å². The number of nitrogen functional groups attached to an aromatic ring is 1. The predicted molar refractivity (Wildman–Crippen MR) is 61.5 cm³/mol. The van der Waals surface area contributed by atoms with Crippen LogP contribution in [-0.4, -0.2) is 18.6 Å². The van der Waals surface area contributed by atoms with Crippen molar-refractivity contribution in [1.82, 2.24) is 10.6 Å². The largest absolute Gasteiger partial charge is 0.399 e. The lowest BCUT2D eigenvalue weighted by atomic mass is 10.2. The normalized spacial score (nSPS) is 12.1. The molecule has 4 nitrogen and oxygen atoms in total. The van der Waals surface area contributed by atoms with Crippen LogP contribution >= 0.6 is 0 Å². The molecule has 0 aromatic heterocycles. The molecule has 1 aromatic rings. The van der Waals surface area contributed by atoms with Gasteiger partial charge in [-0.1, -0.05) is 6.92 Å². The van der Waals surface area contributed by atoms with Crippen LogP contribution < -0.4 is 16.4 Å². The number of nitrogens with two attached hydrogens (primary N) is 1. The summed E-state index contributed by atoms with van der Waals surface area (Å²) in [6.45, 7) is 4.72. The molecular formula is C11H17N3O. The second-order valence-corrected chi connectivity index (χ2v) is 3.37. The number of nitrogens with one attached hydrogen (secondary N) is 2. The summed E-state index contributed by atoms with van der Waals surface area (Å²) in [5.41, 5.74) is 6.81. The topological polar surface area (TPSA) is 67.1 Å². The highest BCUT2D eigenvalue weighted by molar-refractivity contribution is 5.94. The number of rotatable bonds is 4. The highest BCUT2D eigenvalue weighted by Gasteiger charge is 2.07. The molecule has 0 radical (unpaired) electrons. The molecule has 4 heteroatoms. The summed E-state index contributed by atoms with van der Waals surface area (Å²) in [4.78, 5) is 11.6. The van der Waals surface area contributed by atoms with Crippen LogP contribution in [0.2, 0.25) is 0 Å². The van der Waals surface area contributed by atoms with Crippen LogP contribution in [0.3, 0.4) is 0 Å². The maximum absolute atomic E-state index is 11.6. The maximum atomic E-state index is 11.6. The number of amides is 1. The summed E-state index contributed by atoms with van der Waals surface area (Å²) < 4.78 is 0. The van der Waals surface area contributed by atoms with Crippen LogP contribution in [0.4, 0.5) is 5.69 Å². The number of carbonyl (C=O) groups is 1. The molecule has 1 unspecified atom stereocenters. The van der Waals surface area contributed by atoms with Crippen molar-refractivity contribution < 1.29 is 4.79 Å². The first-order valence-corrected chi connectivity index (χ1v) is 5.03. The van der Waals surface area contributed by atoms with Crippen LogP contribution in [0.15, 0.2) is 24.3 Å². The molecule has 82 valence electrons. The Morgan fingerprint density at radius 2 is 2.00 bits per heavy atom.